The van der Waals surface area contributed by atoms with Gasteiger partial charge in [-0.15, -0.1) is 0 Å². The van der Waals surface area contributed by atoms with Crippen LogP contribution in [0.25, 0.3) is 10.9 Å². The number of carbonyl (C=O) groups is 1. The fourth-order valence-electron chi connectivity index (χ4n) is 3.89. The van der Waals surface area contributed by atoms with Crippen molar-refractivity contribution in [2.75, 3.05) is 26.0 Å². The number of hydrogen-bond acceptors (Lipinski definition) is 2. The van der Waals surface area contributed by atoms with Crippen molar-refractivity contribution in [2.24, 2.45) is 0 Å². The minimum absolute atomic E-state index is 0.0849. The molecule has 3 aromatic carbocycles. The molecule has 4 heteroatoms. The third-order valence-electron chi connectivity index (χ3n) is 5.47. The quantitative estimate of drug-likeness (QED) is 0.419. The lowest BCUT2D eigenvalue weighted by Gasteiger charge is -2.11. The molecule has 1 amide bonds. The molecule has 4 nitrogen and oxygen atoms in total. The smallest absolute Gasteiger partial charge is 0.255 e. The SMILES string of the molecule is CN(C)CCCn1ccc2cc(Cc3cccc(C(=O)Nc4ccccc4)c3)ccc21. The maximum Gasteiger partial charge on any atom is 0.255 e. The van der Waals surface area contributed by atoms with Crippen LogP contribution in [0.3, 0.4) is 0 Å². The van der Waals surface area contributed by atoms with Crippen LogP contribution in [-0.2, 0) is 13.0 Å². The zero-order chi connectivity index (χ0) is 21.6. The molecular weight excluding hydrogens is 382 g/mol. The van der Waals surface area contributed by atoms with Gasteiger partial charge in [0.15, 0.2) is 0 Å². The summed E-state index contributed by atoms with van der Waals surface area (Å²) in [5.74, 6) is -0.0849. The number of aryl methyl sites for hydroxylation is 1. The highest BCUT2D eigenvalue weighted by Crippen LogP contribution is 2.21. The number of nitrogens with zero attached hydrogens (tertiary/aromatic N) is 2. The van der Waals surface area contributed by atoms with Crippen molar-refractivity contribution in [3.8, 4) is 0 Å². The van der Waals surface area contributed by atoms with Crippen molar-refractivity contribution in [2.45, 2.75) is 19.4 Å². The van der Waals surface area contributed by atoms with Crippen molar-refractivity contribution >= 4 is 22.5 Å². The van der Waals surface area contributed by atoms with Gasteiger partial charge < -0.3 is 14.8 Å². The van der Waals surface area contributed by atoms with E-state index in [9.17, 15) is 4.79 Å². The molecule has 4 aromatic rings. The highest BCUT2D eigenvalue weighted by Gasteiger charge is 2.08. The molecule has 0 bridgehead atoms. The Labute approximate surface area is 184 Å². The van der Waals surface area contributed by atoms with Gasteiger partial charge in [-0.2, -0.15) is 0 Å². The van der Waals surface area contributed by atoms with Crippen molar-refractivity contribution < 1.29 is 4.79 Å². The van der Waals surface area contributed by atoms with E-state index in [0.717, 1.165) is 37.2 Å². The van der Waals surface area contributed by atoms with E-state index < -0.39 is 0 Å². The van der Waals surface area contributed by atoms with Crippen molar-refractivity contribution in [1.82, 2.24) is 9.47 Å². The summed E-state index contributed by atoms with van der Waals surface area (Å²) in [7, 11) is 4.22. The predicted molar refractivity (Wildman–Crippen MR) is 129 cm³/mol. The lowest BCUT2D eigenvalue weighted by molar-refractivity contribution is 0.102. The molecule has 0 aliphatic heterocycles. The van der Waals surface area contributed by atoms with Gasteiger partial charge >= 0.3 is 0 Å². The van der Waals surface area contributed by atoms with Gasteiger partial charge in [0.05, 0.1) is 0 Å². The number of aromatic nitrogens is 1. The summed E-state index contributed by atoms with van der Waals surface area (Å²) < 4.78 is 2.33. The highest BCUT2D eigenvalue weighted by atomic mass is 16.1. The molecule has 0 fully saturated rings. The molecule has 158 valence electrons. The monoisotopic (exact) mass is 411 g/mol. The molecular formula is C27H29N3O. The lowest BCUT2D eigenvalue weighted by atomic mass is 10.0. The number of para-hydroxylation sites is 1. The first-order chi connectivity index (χ1) is 15.1. The summed E-state index contributed by atoms with van der Waals surface area (Å²) in [6, 6.07) is 26.3. The zero-order valence-electron chi connectivity index (χ0n) is 18.2. The van der Waals surface area contributed by atoms with Crippen LogP contribution < -0.4 is 5.32 Å². The second-order valence-electron chi connectivity index (χ2n) is 8.26. The number of anilines is 1. The van der Waals surface area contributed by atoms with E-state index in [-0.39, 0.29) is 5.91 Å². The lowest BCUT2D eigenvalue weighted by Crippen LogP contribution is -2.14. The van der Waals surface area contributed by atoms with Crippen molar-refractivity contribution in [1.29, 1.82) is 0 Å². The normalized spacial score (nSPS) is 11.2. The third kappa shape index (κ3) is 5.41. The molecule has 0 unspecified atom stereocenters. The van der Waals surface area contributed by atoms with Gasteiger partial charge in [0.25, 0.3) is 5.91 Å². The number of hydrogen-bond donors (Lipinski definition) is 1. The minimum atomic E-state index is -0.0849. The van der Waals surface area contributed by atoms with Crippen LogP contribution in [0.1, 0.15) is 27.9 Å². The molecule has 0 atom stereocenters. The first-order valence-electron chi connectivity index (χ1n) is 10.8. The average molecular weight is 412 g/mol. The Morgan fingerprint density at radius 2 is 1.71 bits per heavy atom. The molecule has 31 heavy (non-hydrogen) atoms. The van der Waals surface area contributed by atoms with Gasteiger partial charge in [-0.1, -0.05) is 36.4 Å². The fraction of sp³-hybridized carbons (Fsp3) is 0.222. The summed E-state index contributed by atoms with van der Waals surface area (Å²) in [6.07, 6.45) is 4.11. The Bertz CT molecular complexity index is 1160. The first kappa shape index (κ1) is 20.9. The van der Waals surface area contributed by atoms with E-state index in [4.69, 9.17) is 0 Å². The Morgan fingerprint density at radius 1 is 0.903 bits per heavy atom. The summed E-state index contributed by atoms with van der Waals surface area (Å²) in [6.45, 7) is 2.12. The molecule has 0 saturated carbocycles. The second kappa shape index (κ2) is 9.63. The van der Waals surface area contributed by atoms with Crippen LogP contribution in [0.4, 0.5) is 5.69 Å². The average Bonchev–Trinajstić information content (AvgIpc) is 3.16. The summed E-state index contributed by atoms with van der Waals surface area (Å²) >= 11 is 0. The summed E-state index contributed by atoms with van der Waals surface area (Å²) in [5.41, 5.74) is 5.14. The van der Waals surface area contributed by atoms with E-state index in [1.54, 1.807) is 0 Å². The number of carbonyl (C=O) groups excluding carboxylic acids is 1. The van der Waals surface area contributed by atoms with E-state index >= 15 is 0 Å². The molecule has 0 aliphatic carbocycles. The Hall–Kier alpha value is -3.37. The van der Waals surface area contributed by atoms with Crippen LogP contribution in [0, 0.1) is 0 Å². The molecule has 0 radical (unpaired) electrons. The summed E-state index contributed by atoms with van der Waals surface area (Å²) in [5, 5.41) is 4.22. The number of benzene rings is 3. The van der Waals surface area contributed by atoms with Gasteiger partial charge in [-0.05, 0) is 92.5 Å². The number of fused-ring (bicyclic) bond motifs is 1. The van der Waals surface area contributed by atoms with E-state index in [0.29, 0.717) is 5.56 Å². The Morgan fingerprint density at radius 3 is 2.52 bits per heavy atom. The van der Waals surface area contributed by atoms with E-state index in [1.807, 2.05) is 48.5 Å². The molecule has 1 N–H and O–H groups in total. The van der Waals surface area contributed by atoms with Crippen LogP contribution in [0.2, 0.25) is 0 Å². The number of nitrogens with one attached hydrogen (secondary N) is 1. The highest BCUT2D eigenvalue weighted by molar-refractivity contribution is 6.04. The molecule has 0 saturated heterocycles. The number of rotatable bonds is 8. The van der Waals surface area contributed by atoms with Gasteiger partial charge in [0.1, 0.15) is 0 Å². The topological polar surface area (TPSA) is 37.3 Å². The van der Waals surface area contributed by atoms with Crippen LogP contribution in [0.15, 0.2) is 85.1 Å². The van der Waals surface area contributed by atoms with Crippen LogP contribution >= 0.6 is 0 Å². The molecule has 0 spiro atoms. The largest absolute Gasteiger partial charge is 0.347 e. The van der Waals surface area contributed by atoms with Gasteiger partial charge in [0, 0.05) is 29.5 Å². The molecule has 1 aromatic heterocycles. The Balaban J connectivity index is 1.45. The van der Waals surface area contributed by atoms with Gasteiger partial charge in [-0.3, -0.25) is 4.79 Å². The van der Waals surface area contributed by atoms with E-state index in [2.05, 4.69) is 65.4 Å². The standard InChI is InChI=1S/C27H29N3O/c1-29(2)15-7-16-30-17-14-23-19-22(12-13-26(23)30)18-21-8-6-9-24(20-21)27(31)28-25-10-4-3-5-11-25/h3-6,8-14,17,19-20H,7,15-16,18H2,1-2H3,(H,28,31). The maximum atomic E-state index is 12.6. The predicted octanol–water partition coefficient (Wildman–Crippen LogP) is 5.44. The second-order valence-corrected chi connectivity index (χ2v) is 8.26. The van der Waals surface area contributed by atoms with Crippen LogP contribution in [0.5, 0.6) is 0 Å². The molecule has 4 rings (SSSR count). The third-order valence-corrected chi connectivity index (χ3v) is 5.47. The molecule has 1 heterocycles. The van der Waals surface area contributed by atoms with Crippen molar-refractivity contribution in [3.05, 3.63) is 102 Å². The zero-order valence-corrected chi connectivity index (χ0v) is 18.2. The minimum Gasteiger partial charge on any atom is -0.347 e. The Kier molecular flexibility index (Phi) is 6.48. The van der Waals surface area contributed by atoms with E-state index in [1.165, 1.54) is 16.5 Å². The van der Waals surface area contributed by atoms with Crippen molar-refractivity contribution in [3.63, 3.8) is 0 Å². The first-order valence-corrected chi connectivity index (χ1v) is 10.8. The number of amides is 1. The maximum absolute atomic E-state index is 12.6. The van der Waals surface area contributed by atoms with Gasteiger partial charge in [0.2, 0.25) is 0 Å². The fourth-order valence-corrected chi connectivity index (χ4v) is 3.89. The van der Waals surface area contributed by atoms with Crippen LogP contribution in [-0.4, -0.2) is 36.0 Å². The molecule has 0 aliphatic rings. The van der Waals surface area contributed by atoms with Gasteiger partial charge in [-0.25, -0.2) is 0 Å². The summed E-state index contributed by atoms with van der Waals surface area (Å²) in [4.78, 5) is 14.8.